The van der Waals surface area contributed by atoms with Crippen molar-refractivity contribution in [1.29, 1.82) is 0 Å². The molecule has 0 atom stereocenters. The van der Waals surface area contributed by atoms with Crippen molar-refractivity contribution in [3.05, 3.63) is 63.5 Å². The van der Waals surface area contributed by atoms with Gasteiger partial charge in [-0.05, 0) is 47.5 Å². The van der Waals surface area contributed by atoms with E-state index >= 15 is 0 Å². The number of nitrogens with zero attached hydrogens (tertiary/aromatic N) is 1. The number of hydrazone groups is 1. The molecule has 0 bridgehead atoms. The molecule has 1 amide bonds. The van der Waals surface area contributed by atoms with Crippen LogP contribution < -0.4 is 5.43 Å². The average Bonchev–Trinajstić information content (AvgIpc) is 2.79. The van der Waals surface area contributed by atoms with Crippen LogP contribution in [0.25, 0.3) is 6.08 Å². The summed E-state index contributed by atoms with van der Waals surface area (Å²) in [5.74, 6) is 0.992. The molecule has 0 aliphatic rings. The molecule has 0 aliphatic carbocycles. The Balaban J connectivity index is 1.97. The third-order valence-corrected chi connectivity index (χ3v) is 3.18. The summed E-state index contributed by atoms with van der Waals surface area (Å²) in [7, 11) is 0. The molecule has 108 valence electrons. The predicted molar refractivity (Wildman–Crippen MR) is 87.5 cm³/mol. The largest absolute Gasteiger partial charge is 0.466 e. The SMILES string of the molecule is Cc1cc(C(=O)NN=CC(Br)=Cc2ccccc2)c(C)o1. The Bertz CT molecular complexity index is 688. The molecule has 21 heavy (non-hydrogen) atoms. The second-order valence-corrected chi connectivity index (χ2v) is 5.38. The van der Waals surface area contributed by atoms with Gasteiger partial charge >= 0.3 is 0 Å². The van der Waals surface area contributed by atoms with Gasteiger partial charge in [-0.3, -0.25) is 4.79 Å². The van der Waals surface area contributed by atoms with Crippen LogP contribution in [-0.4, -0.2) is 12.1 Å². The molecular weight excluding hydrogens is 332 g/mol. The molecule has 4 nitrogen and oxygen atoms in total. The fourth-order valence-electron chi connectivity index (χ4n) is 1.81. The second-order valence-electron chi connectivity index (χ2n) is 4.47. The van der Waals surface area contributed by atoms with Crippen LogP contribution in [0.1, 0.15) is 27.4 Å². The van der Waals surface area contributed by atoms with Gasteiger partial charge in [-0.15, -0.1) is 0 Å². The molecule has 0 saturated heterocycles. The van der Waals surface area contributed by atoms with Crippen molar-refractivity contribution in [3.63, 3.8) is 0 Å². The highest BCUT2D eigenvalue weighted by Gasteiger charge is 2.12. The van der Waals surface area contributed by atoms with Gasteiger partial charge in [-0.1, -0.05) is 30.3 Å². The van der Waals surface area contributed by atoms with Crippen LogP contribution in [0.4, 0.5) is 0 Å². The van der Waals surface area contributed by atoms with E-state index in [1.807, 2.05) is 36.4 Å². The number of carbonyl (C=O) groups excluding carboxylic acids is 1. The minimum atomic E-state index is -0.291. The molecular formula is C16H15BrN2O2. The maximum Gasteiger partial charge on any atom is 0.274 e. The average molecular weight is 347 g/mol. The molecule has 2 rings (SSSR count). The lowest BCUT2D eigenvalue weighted by Crippen LogP contribution is -2.17. The van der Waals surface area contributed by atoms with E-state index in [0.717, 1.165) is 10.0 Å². The maximum absolute atomic E-state index is 11.9. The highest BCUT2D eigenvalue weighted by atomic mass is 79.9. The fraction of sp³-hybridized carbons (Fsp3) is 0.125. The van der Waals surface area contributed by atoms with E-state index in [4.69, 9.17) is 4.42 Å². The highest BCUT2D eigenvalue weighted by molar-refractivity contribution is 9.12. The zero-order chi connectivity index (χ0) is 15.2. The lowest BCUT2D eigenvalue weighted by molar-refractivity contribution is 0.0953. The van der Waals surface area contributed by atoms with Crippen molar-refractivity contribution in [2.45, 2.75) is 13.8 Å². The van der Waals surface area contributed by atoms with Gasteiger partial charge in [0, 0.05) is 4.48 Å². The third-order valence-electron chi connectivity index (χ3n) is 2.74. The first-order chi connectivity index (χ1) is 10.1. The first kappa shape index (κ1) is 15.3. The lowest BCUT2D eigenvalue weighted by atomic mass is 10.2. The van der Waals surface area contributed by atoms with Crippen LogP contribution in [0.3, 0.4) is 0 Å². The summed E-state index contributed by atoms with van der Waals surface area (Å²) in [6.45, 7) is 3.54. The standard InChI is InChI=1S/C16H15BrN2O2/c1-11-8-15(12(2)21-11)16(20)19-18-10-14(17)9-13-6-4-3-5-7-13/h3-10H,1-2H3,(H,19,20). The Morgan fingerprint density at radius 3 is 2.62 bits per heavy atom. The molecule has 0 spiro atoms. The first-order valence-electron chi connectivity index (χ1n) is 6.39. The van der Waals surface area contributed by atoms with E-state index in [9.17, 15) is 4.79 Å². The number of nitrogens with one attached hydrogen (secondary N) is 1. The summed E-state index contributed by atoms with van der Waals surface area (Å²) in [5.41, 5.74) is 4.01. The first-order valence-corrected chi connectivity index (χ1v) is 7.18. The predicted octanol–water partition coefficient (Wildman–Crippen LogP) is 4.05. The molecule has 1 N–H and O–H groups in total. The van der Waals surface area contributed by atoms with E-state index < -0.39 is 0 Å². The van der Waals surface area contributed by atoms with Gasteiger partial charge < -0.3 is 4.42 Å². The van der Waals surface area contributed by atoms with Gasteiger partial charge in [0.25, 0.3) is 5.91 Å². The van der Waals surface area contributed by atoms with E-state index in [1.54, 1.807) is 19.9 Å². The van der Waals surface area contributed by atoms with Crippen molar-refractivity contribution < 1.29 is 9.21 Å². The quantitative estimate of drug-likeness (QED) is 0.670. The van der Waals surface area contributed by atoms with Crippen molar-refractivity contribution in [1.82, 2.24) is 5.43 Å². The molecule has 1 aromatic carbocycles. The lowest BCUT2D eigenvalue weighted by Gasteiger charge is -1.97. The van der Waals surface area contributed by atoms with Crippen LogP contribution in [0, 0.1) is 13.8 Å². The van der Waals surface area contributed by atoms with Crippen molar-refractivity contribution in [2.24, 2.45) is 5.10 Å². The van der Waals surface area contributed by atoms with E-state index in [-0.39, 0.29) is 5.91 Å². The second kappa shape index (κ2) is 7.04. The number of halogens is 1. The van der Waals surface area contributed by atoms with Gasteiger partial charge in [-0.25, -0.2) is 5.43 Å². The molecule has 5 heteroatoms. The summed E-state index contributed by atoms with van der Waals surface area (Å²) in [5, 5.41) is 3.91. The molecule has 0 unspecified atom stereocenters. The number of furan rings is 1. The summed E-state index contributed by atoms with van der Waals surface area (Å²) < 4.78 is 6.07. The minimum absolute atomic E-state index is 0.291. The number of aryl methyl sites for hydroxylation is 2. The summed E-state index contributed by atoms with van der Waals surface area (Å²) in [6.07, 6.45) is 3.44. The van der Waals surface area contributed by atoms with Crippen molar-refractivity contribution >= 4 is 34.1 Å². The number of carbonyl (C=O) groups is 1. The van der Waals surface area contributed by atoms with Gasteiger partial charge in [0.05, 0.1) is 11.8 Å². The molecule has 2 aromatic rings. The van der Waals surface area contributed by atoms with Crippen molar-refractivity contribution in [2.75, 3.05) is 0 Å². The van der Waals surface area contributed by atoms with Crippen LogP contribution in [-0.2, 0) is 0 Å². The van der Waals surface area contributed by atoms with E-state index in [0.29, 0.717) is 17.1 Å². The Kier molecular flexibility index (Phi) is 5.11. The van der Waals surface area contributed by atoms with Gasteiger partial charge in [-0.2, -0.15) is 5.10 Å². The summed E-state index contributed by atoms with van der Waals surface area (Å²) >= 11 is 3.38. The Labute approximate surface area is 131 Å². The zero-order valence-corrected chi connectivity index (χ0v) is 13.3. The Hall–Kier alpha value is -2.14. The minimum Gasteiger partial charge on any atom is -0.466 e. The van der Waals surface area contributed by atoms with Crippen LogP contribution >= 0.6 is 15.9 Å². The number of hydrogen-bond donors (Lipinski definition) is 1. The fourth-order valence-corrected chi connectivity index (χ4v) is 2.18. The van der Waals surface area contributed by atoms with Gasteiger partial charge in [0.1, 0.15) is 11.5 Å². The Morgan fingerprint density at radius 1 is 1.29 bits per heavy atom. The molecule has 0 fully saturated rings. The summed E-state index contributed by atoms with van der Waals surface area (Å²) in [4.78, 5) is 11.9. The normalized spacial score (nSPS) is 11.9. The van der Waals surface area contributed by atoms with Crippen LogP contribution in [0.2, 0.25) is 0 Å². The number of benzene rings is 1. The number of amides is 1. The number of allylic oxidation sites excluding steroid dienone is 1. The summed E-state index contributed by atoms with van der Waals surface area (Å²) in [6, 6.07) is 11.5. The molecule has 1 heterocycles. The highest BCUT2D eigenvalue weighted by Crippen LogP contribution is 2.13. The van der Waals surface area contributed by atoms with Crippen molar-refractivity contribution in [3.8, 4) is 0 Å². The number of rotatable bonds is 4. The van der Waals surface area contributed by atoms with Crippen LogP contribution in [0.15, 0.2) is 50.4 Å². The molecule has 1 aromatic heterocycles. The van der Waals surface area contributed by atoms with Gasteiger partial charge in [0.2, 0.25) is 0 Å². The zero-order valence-electron chi connectivity index (χ0n) is 11.8. The molecule has 0 saturated carbocycles. The smallest absolute Gasteiger partial charge is 0.274 e. The number of hydrogen-bond acceptors (Lipinski definition) is 3. The molecule has 0 radical (unpaired) electrons. The van der Waals surface area contributed by atoms with Gasteiger partial charge in [0.15, 0.2) is 0 Å². The van der Waals surface area contributed by atoms with E-state index in [1.165, 1.54) is 6.21 Å². The maximum atomic E-state index is 11.9. The van der Waals surface area contributed by atoms with Crippen LogP contribution in [0.5, 0.6) is 0 Å². The monoisotopic (exact) mass is 346 g/mol. The van der Waals surface area contributed by atoms with E-state index in [2.05, 4.69) is 26.5 Å². The molecule has 0 aliphatic heterocycles. The Morgan fingerprint density at radius 2 is 2.00 bits per heavy atom. The third kappa shape index (κ3) is 4.43. The topological polar surface area (TPSA) is 54.6 Å².